The third-order valence-corrected chi connectivity index (χ3v) is 4.51. The maximum absolute atomic E-state index is 11.7. The van der Waals surface area contributed by atoms with Crippen LogP contribution in [0.1, 0.15) is 11.1 Å². The molecule has 8 nitrogen and oxygen atoms in total. The first kappa shape index (κ1) is 18.5. The predicted octanol–water partition coefficient (Wildman–Crippen LogP) is 3.11. The van der Waals surface area contributed by atoms with Gasteiger partial charge in [0.05, 0.1) is 22.5 Å². The number of carbonyl (C=O) groups is 1. The minimum Gasteiger partial charge on any atom is -0.493 e. The molecule has 2 aromatic rings. The van der Waals surface area contributed by atoms with Gasteiger partial charge in [-0.1, -0.05) is 18.2 Å². The van der Waals surface area contributed by atoms with Gasteiger partial charge in [0.2, 0.25) is 0 Å². The molecule has 0 radical (unpaired) electrons. The number of thioether (sulfide) groups is 1. The van der Waals surface area contributed by atoms with Crippen LogP contribution < -0.4 is 15.2 Å². The van der Waals surface area contributed by atoms with Gasteiger partial charge in [0, 0.05) is 6.07 Å². The Morgan fingerprint density at radius 3 is 2.70 bits per heavy atom. The summed E-state index contributed by atoms with van der Waals surface area (Å²) >= 11 is 1.09. The van der Waals surface area contributed by atoms with Gasteiger partial charge in [-0.05, 0) is 41.6 Å². The van der Waals surface area contributed by atoms with Gasteiger partial charge in [0.25, 0.3) is 11.6 Å². The summed E-state index contributed by atoms with van der Waals surface area (Å²) in [6.07, 6.45) is 1.65. The number of amidine groups is 1. The van der Waals surface area contributed by atoms with Crippen molar-refractivity contribution in [2.24, 2.45) is 10.7 Å². The summed E-state index contributed by atoms with van der Waals surface area (Å²) in [7, 11) is 1.50. The van der Waals surface area contributed by atoms with Crippen LogP contribution in [0.3, 0.4) is 0 Å². The number of nitro benzene ring substituents is 1. The zero-order chi connectivity index (χ0) is 19.4. The van der Waals surface area contributed by atoms with Crippen molar-refractivity contribution in [1.82, 2.24) is 0 Å². The van der Waals surface area contributed by atoms with Gasteiger partial charge in [-0.25, -0.2) is 0 Å². The topological polar surface area (TPSA) is 117 Å². The summed E-state index contributed by atoms with van der Waals surface area (Å²) in [5.41, 5.74) is 6.66. The van der Waals surface area contributed by atoms with E-state index in [0.717, 1.165) is 11.8 Å². The van der Waals surface area contributed by atoms with Gasteiger partial charge < -0.3 is 15.2 Å². The van der Waals surface area contributed by atoms with Crippen molar-refractivity contribution < 1.29 is 19.2 Å². The first-order chi connectivity index (χ1) is 13.0. The summed E-state index contributed by atoms with van der Waals surface area (Å²) in [5, 5.41) is 11.3. The maximum atomic E-state index is 11.7. The molecule has 0 bridgehead atoms. The van der Waals surface area contributed by atoms with Crippen LogP contribution in [0.25, 0.3) is 6.08 Å². The molecular weight excluding hydrogens is 370 g/mol. The number of carbonyl (C=O) groups excluding carboxylic acids is 1. The number of nitrogens with zero attached hydrogens (tertiary/aromatic N) is 2. The minimum atomic E-state index is -0.454. The number of ether oxygens (including phenoxy) is 2. The molecule has 0 aromatic heterocycles. The van der Waals surface area contributed by atoms with Gasteiger partial charge >= 0.3 is 0 Å². The van der Waals surface area contributed by atoms with Crippen molar-refractivity contribution in [3.8, 4) is 11.5 Å². The van der Waals surface area contributed by atoms with Gasteiger partial charge in [-0.15, -0.1) is 0 Å². The van der Waals surface area contributed by atoms with E-state index in [1.807, 2.05) is 0 Å². The summed E-state index contributed by atoms with van der Waals surface area (Å²) in [6, 6.07) is 11.5. The molecule has 0 unspecified atom stereocenters. The molecule has 2 aromatic carbocycles. The van der Waals surface area contributed by atoms with Crippen LogP contribution in [0.2, 0.25) is 0 Å². The molecule has 9 heteroatoms. The number of methoxy groups -OCH3 is 1. The van der Waals surface area contributed by atoms with Gasteiger partial charge in [0.1, 0.15) is 6.61 Å². The third-order valence-electron chi connectivity index (χ3n) is 3.69. The van der Waals surface area contributed by atoms with E-state index in [9.17, 15) is 14.9 Å². The fraction of sp³-hybridized carbons (Fsp3) is 0.111. The number of hydrogen-bond acceptors (Lipinski definition) is 7. The number of nitrogens with two attached hydrogens (primary N) is 1. The lowest BCUT2D eigenvalue weighted by Gasteiger charge is -2.12. The zero-order valence-corrected chi connectivity index (χ0v) is 15.1. The maximum Gasteiger partial charge on any atom is 0.286 e. The van der Waals surface area contributed by atoms with Crippen LogP contribution in [0, 0.1) is 10.1 Å². The molecule has 0 spiro atoms. The molecule has 1 heterocycles. The van der Waals surface area contributed by atoms with E-state index in [1.165, 1.54) is 13.2 Å². The molecule has 0 saturated heterocycles. The van der Waals surface area contributed by atoms with E-state index in [0.29, 0.717) is 27.5 Å². The van der Waals surface area contributed by atoms with E-state index in [-0.39, 0.29) is 17.5 Å². The molecule has 0 saturated carbocycles. The molecule has 1 aliphatic heterocycles. The highest BCUT2D eigenvalue weighted by molar-refractivity contribution is 8.18. The Hall–Kier alpha value is -3.33. The highest BCUT2D eigenvalue weighted by Gasteiger charge is 2.20. The fourth-order valence-electron chi connectivity index (χ4n) is 2.44. The Morgan fingerprint density at radius 1 is 1.26 bits per heavy atom. The van der Waals surface area contributed by atoms with E-state index in [2.05, 4.69) is 4.99 Å². The van der Waals surface area contributed by atoms with Gasteiger partial charge in [-0.3, -0.25) is 14.9 Å². The van der Waals surface area contributed by atoms with Crippen molar-refractivity contribution in [1.29, 1.82) is 0 Å². The number of benzene rings is 2. The second-order valence-corrected chi connectivity index (χ2v) is 6.51. The number of hydrogen-bond donors (Lipinski definition) is 1. The number of rotatable bonds is 6. The van der Waals surface area contributed by atoms with Crippen LogP contribution in [0.15, 0.2) is 52.4 Å². The van der Waals surface area contributed by atoms with Gasteiger partial charge in [0.15, 0.2) is 16.7 Å². The lowest BCUT2D eigenvalue weighted by atomic mass is 10.1. The molecular formula is C18H15N3O5S. The molecule has 0 fully saturated rings. The lowest BCUT2D eigenvalue weighted by Crippen LogP contribution is -2.01. The standard InChI is InChI=1S/C18H15N3O5S/c1-25-14-7-6-11(9-16-17(22)20-18(19)27-16)8-15(14)26-10-12-4-2-3-5-13(12)21(23)24/h2-9H,10H2,1H3,(H2,19,20,22). The molecule has 1 amide bonds. The normalized spacial score (nSPS) is 14.9. The van der Waals surface area contributed by atoms with Crippen molar-refractivity contribution >= 4 is 34.6 Å². The van der Waals surface area contributed by atoms with E-state index in [4.69, 9.17) is 15.2 Å². The summed E-state index contributed by atoms with van der Waals surface area (Å²) < 4.78 is 11.0. The summed E-state index contributed by atoms with van der Waals surface area (Å²) in [4.78, 5) is 26.5. The second kappa shape index (κ2) is 7.92. The highest BCUT2D eigenvalue weighted by atomic mass is 32.2. The van der Waals surface area contributed by atoms with E-state index in [1.54, 1.807) is 42.5 Å². The molecule has 1 aliphatic rings. The average Bonchev–Trinajstić information content (AvgIpc) is 2.97. The molecule has 3 rings (SSSR count). The van der Waals surface area contributed by atoms with Crippen LogP contribution in [-0.4, -0.2) is 23.1 Å². The Kier molecular flexibility index (Phi) is 5.41. The number of para-hydroxylation sites is 1. The molecule has 2 N–H and O–H groups in total. The number of nitro groups is 1. The van der Waals surface area contributed by atoms with Crippen LogP contribution in [0.5, 0.6) is 11.5 Å². The predicted molar refractivity (Wildman–Crippen MR) is 103 cm³/mol. The molecule has 138 valence electrons. The van der Waals surface area contributed by atoms with Crippen molar-refractivity contribution in [2.45, 2.75) is 6.61 Å². The molecule has 0 atom stereocenters. The van der Waals surface area contributed by atoms with Crippen molar-refractivity contribution in [3.63, 3.8) is 0 Å². The van der Waals surface area contributed by atoms with Crippen molar-refractivity contribution in [3.05, 3.63) is 68.6 Å². The summed E-state index contributed by atoms with van der Waals surface area (Å²) in [6.45, 7) is -0.00270. The van der Waals surface area contributed by atoms with E-state index < -0.39 is 10.8 Å². The monoisotopic (exact) mass is 385 g/mol. The minimum absolute atomic E-state index is 0.00270. The van der Waals surface area contributed by atoms with Crippen LogP contribution in [0.4, 0.5) is 5.69 Å². The second-order valence-electron chi connectivity index (χ2n) is 5.45. The lowest BCUT2D eigenvalue weighted by molar-refractivity contribution is -0.385. The summed E-state index contributed by atoms with van der Waals surface area (Å²) in [5.74, 6) is 0.474. The highest BCUT2D eigenvalue weighted by Crippen LogP contribution is 2.32. The fourth-order valence-corrected chi connectivity index (χ4v) is 3.12. The van der Waals surface area contributed by atoms with Crippen molar-refractivity contribution in [2.75, 3.05) is 7.11 Å². The quantitative estimate of drug-likeness (QED) is 0.461. The zero-order valence-electron chi connectivity index (χ0n) is 14.2. The first-order valence-corrected chi connectivity index (χ1v) is 8.60. The number of aliphatic imine (C=N–C) groups is 1. The Morgan fingerprint density at radius 2 is 2.04 bits per heavy atom. The van der Waals surface area contributed by atoms with Crippen LogP contribution >= 0.6 is 11.8 Å². The average molecular weight is 385 g/mol. The first-order valence-electron chi connectivity index (χ1n) is 7.79. The third kappa shape index (κ3) is 4.26. The van der Waals surface area contributed by atoms with Gasteiger partial charge in [-0.2, -0.15) is 4.99 Å². The van der Waals surface area contributed by atoms with Crippen LogP contribution in [-0.2, 0) is 11.4 Å². The SMILES string of the molecule is COc1ccc(C=C2SC(N)=NC2=O)cc1OCc1ccccc1[N+](=O)[O-]. The smallest absolute Gasteiger partial charge is 0.286 e. The van der Waals surface area contributed by atoms with E-state index >= 15 is 0 Å². The molecule has 27 heavy (non-hydrogen) atoms. The Bertz CT molecular complexity index is 971. The molecule has 0 aliphatic carbocycles. The largest absolute Gasteiger partial charge is 0.493 e. The Balaban J connectivity index is 1.84. The number of amides is 1. The Labute approximate surface area is 158 Å².